The van der Waals surface area contributed by atoms with E-state index in [2.05, 4.69) is 27.7 Å². The lowest BCUT2D eigenvalue weighted by Crippen LogP contribution is -2.29. The highest BCUT2D eigenvalue weighted by molar-refractivity contribution is 5.72. The molecule has 3 atom stereocenters. The van der Waals surface area contributed by atoms with E-state index in [0.717, 1.165) is 103 Å². The van der Waals surface area contributed by atoms with E-state index in [0.29, 0.717) is 26.4 Å². The molecule has 350 valence electrons. The fourth-order valence-corrected chi connectivity index (χ4v) is 7.26. The van der Waals surface area contributed by atoms with Gasteiger partial charge in [0.15, 0.2) is 6.10 Å². The number of carboxylic acids is 1. The fraction of sp³-hybridized carbons (Fsp3) is 0.939. The highest BCUT2D eigenvalue weighted by Crippen LogP contribution is 2.19. The monoisotopic (exact) mass is 843 g/mol. The van der Waals surface area contributed by atoms with Crippen LogP contribution in [0.25, 0.3) is 0 Å². The molecular formula is C49H94O10. The van der Waals surface area contributed by atoms with Crippen LogP contribution in [0.1, 0.15) is 246 Å². The van der Waals surface area contributed by atoms with E-state index < -0.39 is 24.4 Å². The SMILES string of the molecule is CCCCCCCCCC(CCCCCC)OC(=O)OCCCCCCOCC(OCCCCCCOC(=O)OC(CCCCCC)CCCCCCCCC)C(=O)O. The largest absolute Gasteiger partial charge is 0.508 e. The summed E-state index contributed by atoms with van der Waals surface area (Å²) in [5, 5.41) is 9.57. The van der Waals surface area contributed by atoms with Crippen molar-refractivity contribution in [3.63, 3.8) is 0 Å². The molecule has 0 aromatic rings. The van der Waals surface area contributed by atoms with Crippen LogP contribution in [0.4, 0.5) is 9.59 Å². The molecule has 0 spiro atoms. The third kappa shape index (κ3) is 41.1. The molecule has 0 aromatic carbocycles. The van der Waals surface area contributed by atoms with Gasteiger partial charge >= 0.3 is 18.3 Å². The Bertz CT molecular complexity index is 915. The Morgan fingerprint density at radius 2 is 0.695 bits per heavy atom. The first kappa shape index (κ1) is 56.9. The molecule has 0 heterocycles. The number of carboxylic acid groups (broad SMARTS) is 1. The van der Waals surface area contributed by atoms with Crippen LogP contribution in [0.2, 0.25) is 0 Å². The Balaban J connectivity index is 4.06. The average Bonchev–Trinajstić information content (AvgIpc) is 3.22. The van der Waals surface area contributed by atoms with Crippen LogP contribution < -0.4 is 0 Å². The van der Waals surface area contributed by atoms with Crippen LogP contribution in [-0.4, -0.2) is 74.7 Å². The second kappa shape index (κ2) is 45.5. The van der Waals surface area contributed by atoms with E-state index >= 15 is 0 Å². The van der Waals surface area contributed by atoms with Crippen molar-refractivity contribution in [2.45, 2.75) is 264 Å². The highest BCUT2D eigenvalue weighted by Gasteiger charge is 2.19. The van der Waals surface area contributed by atoms with Gasteiger partial charge in [-0.05, 0) is 89.9 Å². The molecule has 0 bridgehead atoms. The van der Waals surface area contributed by atoms with Gasteiger partial charge in [-0.3, -0.25) is 0 Å². The molecule has 10 nitrogen and oxygen atoms in total. The van der Waals surface area contributed by atoms with Gasteiger partial charge in [-0.2, -0.15) is 0 Å². The van der Waals surface area contributed by atoms with E-state index in [4.69, 9.17) is 28.4 Å². The number of hydrogen-bond acceptors (Lipinski definition) is 9. The Morgan fingerprint density at radius 1 is 0.390 bits per heavy atom. The molecule has 0 radical (unpaired) electrons. The first-order chi connectivity index (χ1) is 28.9. The number of carbonyl (C=O) groups is 3. The normalized spacial score (nSPS) is 12.9. The Morgan fingerprint density at radius 3 is 1.07 bits per heavy atom. The van der Waals surface area contributed by atoms with Gasteiger partial charge < -0.3 is 33.5 Å². The summed E-state index contributed by atoms with van der Waals surface area (Å²) in [6, 6.07) is 0. The Kier molecular flexibility index (Phi) is 43.9. The first-order valence-corrected chi connectivity index (χ1v) is 25.0. The molecule has 3 unspecified atom stereocenters. The number of rotatable bonds is 46. The number of unbranched alkanes of at least 4 members (excludes halogenated alkanes) is 24. The third-order valence-corrected chi connectivity index (χ3v) is 11.1. The molecule has 0 aliphatic heterocycles. The molecule has 0 saturated carbocycles. The lowest BCUT2D eigenvalue weighted by Gasteiger charge is -2.18. The maximum absolute atomic E-state index is 12.4. The number of carbonyl (C=O) groups excluding carboxylic acids is 2. The minimum Gasteiger partial charge on any atom is -0.479 e. The van der Waals surface area contributed by atoms with Gasteiger partial charge in [0.2, 0.25) is 0 Å². The van der Waals surface area contributed by atoms with E-state index in [1.54, 1.807) is 0 Å². The molecular weight excluding hydrogens is 749 g/mol. The molecule has 59 heavy (non-hydrogen) atoms. The van der Waals surface area contributed by atoms with E-state index in [-0.39, 0.29) is 18.8 Å². The van der Waals surface area contributed by atoms with Crippen LogP contribution in [0.15, 0.2) is 0 Å². The maximum Gasteiger partial charge on any atom is 0.508 e. The zero-order valence-corrected chi connectivity index (χ0v) is 38.9. The fourth-order valence-electron chi connectivity index (χ4n) is 7.26. The summed E-state index contributed by atoms with van der Waals surface area (Å²) in [6.07, 6.45) is 34.7. The smallest absolute Gasteiger partial charge is 0.479 e. The topological polar surface area (TPSA) is 127 Å². The van der Waals surface area contributed by atoms with Crippen LogP contribution >= 0.6 is 0 Å². The maximum atomic E-state index is 12.4. The van der Waals surface area contributed by atoms with Crippen molar-refractivity contribution in [1.82, 2.24) is 0 Å². The minimum atomic E-state index is -1.03. The van der Waals surface area contributed by atoms with Gasteiger partial charge in [0.1, 0.15) is 12.2 Å². The standard InChI is InChI=1S/C49H94O10/c1-5-9-13-17-19-21-29-37-44(35-27-15-11-7-3)58-48(52)56-41-33-24-23-31-39-54-43-46(47(50)51)55-40-32-25-26-34-42-57-49(53)59-45(36-28-16-12-8-4)38-30-22-20-18-14-10-6-2/h44-46H,5-43H2,1-4H3,(H,50,51). The molecule has 0 amide bonds. The summed E-state index contributed by atoms with van der Waals surface area (Å²) in [5.41, 5.74) is 0. The zero-order valence-electron chi connectivity index (χ0n) is 38.9. The summed E-state index contributed by atoms with van der Waals surface area (Å²) in [4.78, 5) is 36.5. The van der Waals surface area contributed by atoms with Crippen molar-refractivity contribution in [2.24, 2.45) is 0 Å². The van der Waals surface area contributed by atoms with Crippen molar-refractivity contribution in [3.8, 4) is 0 Å². The van der Waals surface area contributed by atoms with Crippen LogP contribution in [-0.2, 0) is 33.2 Å². The summed E-state index contributed by atoms with van der Waals surface area (Å²) >= 11 is 0. The molecule has 0 aliphatic rings. The Hall–Kier alpha value is -2.07. The molecule has 0 aromatic heterocycles. The molecule has 0 aliphatic carbocycles. The third-order valence-electron chi connectivity index (χ3n) is 11.1. The summed E-state index contributed by atoms with van der Waals surface area (Å²) in [7, 11) is 0. The molecule has 1 N–H and O–H groups in total. The van der Waals surface area contributed by atoms with Crippen LogP contribution in [0, 0.1) is 0 Å². The molecule has 0 fully saturated rings. The lowest BCUT2D eigenvalue weighted by atomic mass is 10.0. The first-order valence-electron chi connectivity index (χ1n) is 25.0. The summed E-state index contributed by atoms with van der Waals surface area (Å²) in [5.74, 6) is -1.03. The minimum absolute atomic E-state index is 0.0112. The van der Waals surface area contributed by atoms with Crippen LogP contribution in [0.3, 0.4) is 0 Å². The zero-order chi connectivity index (χ0) is 43.3. The second-order valence-corrected chi connectivity index (χ2v) is 16.8. The second-order valence-electron chi connectivity index (χ2n) is 16.8. The lowest BCUT2D eigenvalue weighted by molar-refractivity contribution is -0.154. The van der Waals surface area contributed by atoms with Gasteiger partial charge in [0.25, 0.3) is 0 Å². The molecule has 0 rings (SSSR count). The predicted molar refractivity (Wildman–Crippen MR) is 240 cm³/mol. The van der Waals surface area contributed by atoms with E-state index in [9.17, 15) is 19.5 Å². The number of ether oxygens (including phenoxy) is 6. The van der Waals surface area contributed by atoms with Gasteiger partial charge in [-0.25, -0.2) is 14.4 Å². The molecule has 0 saturated heterocycles. The molecule has 10 heteroatoms. The van der Waals surface area contributed by atoms with Crippen LogP contribution in [0.5, 0.6) is 0 Å². The summed E-state index contributed by atoms with van der Waals surface area (Å²) < 4.78 is 33.5. The van der Waals surface area contributed by atoms with Gasteiger partial charge in [0.05, 0.1) is 19.8 Å². The quantitative estimate of drug-likeness (QED) is 0.0467. The van der Waals surface area contributed by atoms with Crippen molar-refractivity contribution < 1.29 is 47.9 Å². The van der Waals surface area contributed by atoms with Crippen molar-refractivity contribution in [2.75, 3.05) is 33.0 Å². The van der Waals surface area contributed by atoms with Gasteiger partial charge in [0, 0.05) is 13.2 Å². The van der Waals surface area contributed by atoms with Crippen molar-refractivity contribution >= 4 is 18.3 Å². The Labute approximate surface area is 362 Å². The average molecular weight is 843 g/mol. The number of aliphatic carboxylic acids is 1. The highest BCUT2D eigenvalue weighted by atomic mass is 16.7. The summed E-state index contributed by atoms with van der Waals surface area (Å²) in [6.45, 7) is 10.3. The van der Waals surface area contributed by atoms with Crippen molar-refractivity contribution in [3.05, 3.63) is 0 Å². The predicted octanol–water partition coefficient (Wildman–Crippen LogP) is 14.9. The van der Waals surface area contributed by atoms with E-state index in [1.165, 1.54) is 116 Å². The van der Waals surface area contributed by atoms with Gasteiger partial charge in [-0.1, -0.05) is 156 Å². The van der Waals surface area contributed by atoms with Crippen molar-refractivity contribution in [1.29, 1.82) is 0 Å². The van der Waals surface area contributed by atoms with Gasteiger partial charge in [-0.15, -0.1) is 0 Å². The number of hydrogen-bond donors (Lipinski definition) is 1. The van der Waals surface area contributed by atoms with E-state index in [1.807, 2.05) is 0 Å².